The molecule has 3 N–H and O–H groups in total. The number of nitrogen functional groups attached to an aromatic ring is 1. The maximum absolute atomic E-state index is 12.6. The quantitative estimate of drug-likeness (QED) is 0.769. The van der Waals surface area contributed by atoms with Crippen LogP contribution in [0.25, 0.3) is 0 Å². The lowest BCUT2D eigenvalue weighted by atomic mass is 10.3. The predicted octanol–water partition coefficient (Wildman–Crippen LogP) is 1.15. The summed E-state index contributed by atoms with van der Waals surface area (Å²) in [6.45, 7) is 0.520. The number of anilines is 1. The van der Waals surface area contributed by atoms with Crippen LogP contribution in [-0.4, -0.2) is 45.1 Å². The van der Waals surface area contributed by atoms with Crippen LogP contribution < -0.4 is 11.1 Å². The number of carbonyl (C=O) groups is 1. The number of hydrogen-bond donors (Lipinski definition) is 2. The molecule has 1 unspecified atom stereocenters. The van der Waals surface area contributed by atoms with E-state index >= 15 is 0 Å². The van der Waals surface area contributed by atoms with Crippen molar-refractivity contribution in [2.24, 2.45) is 0 Å². The van der Waals surface area contributed by atoms with Crippen molar-refractivity contribution in [2.75, 3.05) is 25.9 Å². The van der Waals surface area contributed by atoms with E-state index in [4.69, 9.17) is 5.73 Å². The Morgan fingerprint density at radius 1 is 1.52 bits per heavy atom. The van der Waals surface area contributed by atoms with Gasteiger partial charge in [-0.1, -0.05) is 15.9 Å². The number of amides is 1. The highest BCUT2D eigenvalue weighted by Gasteiger charge is 2.34. The summed E-state index contributed by atoms with van der Waals surface area (Å²) in [5.41, 5.74) is 5.96. The molecule has 1 aliphatic rings. The number of hydrogen-bond acceptors (Lipinski definition) is 5. The number of sulfonamides is 1. The average Bonchev–Trinajstić information content (AvgIpc) is 2.90. The van der Waals surface area contributed by atoms with Gasteiger partial charge in [-0.15, -0.1) is 0 Å². The third kappa shape index (κ3) is 3.47. The van der Waals surface area contributed by atoms with Gasteiger partial charge in [0.15, 0.2) is 0 Å². The summed E-state index contributed by atoms with van der Waals surface area (Å²) in [7, 11) is -2.42. The van der Waals surface area contributed by atoms with E-state index in [1.807, 2.05) is 0 Å². The van der Waals surface area contributed by atoms with Crippen LogP contribution in [0.1, 0.15) is 6.42 Å². The summed E-state index contributed by atoms with van der Waals surface area (Å²) in [6.07, 6.45) is -0.0383. The van der Waals surface area contributed by atoms with E-state index in [1.54, 1.807) is 6.07 Å². The molecule has 1 aromatic rings. The van der Waals surface area contributed by atoms with Gasteiger partial charge in [0, 0.05) is 23.6 Å². The molecule has 0 bridgehead atoms. The summed E-state index contributed by atoms with van der Waals surface area (Å²) >= 11 is 3.24. The van der Waals surface area contributed by atoms with Crippen molar-refractivity contribution in [3.63, 3.8) is 0 Å². The fourth-order valence-corrected chi connectivity index (χ4v) is 4.32. The molecule has 1 aromatic carbocycles. The molecule has 1 heterocycles. The van der Waals surface area contributed by atoms with Crippen molar-refractivity contribution in [1.29, 1.82) is 0 Å². The SMILES string of the molecule is COC(=O)NC1CCN(S(=O)(=O)c2cc(Br)ccc2N)C1. The van der Waals surface area contributed by atoms with Gasteiger partial charge in [-0.3, -0.25) is 0 Å². The smallest absolute Gasteiger partial charge is 0.407 e. The molecule has 0 radical (unpaired) electrons. The number of ether oxygens (including phenoxy) is 1. The summed E-state index contributed by atoms with van der Waals surface area (Å²) in [5.74, 6) is 0. The standard InChI is InChI=1S/C12H16BrN3O4S/c1-20-12(17)15-9-4-5-16(7-9)21(18,19)11-6-8(13)2-3-10(11)14/h2-3,6,9H,4-5,7,14H2,1H3,(H,15,17). The van der Waals surface area contributed by atoms with Crippen molar-refractivity contribution in [2.45, 2.75) is 17.4 Å². The van der Waals surface area contributed by atoms with Gasteiger partial charge < -0.3 is 15.8 Å². The summed E-state index contributed by atoms with van der Waals surface area (Å²) in [5, 5.41) is 2.60. The van der Waals surface area contributed by atoms with Gasteiger partial charge in [-0.05, 0) is 24.6 Å². The number of methoxy groups -OCH3 is 1. The van der Waals surface area contributed by atoms with E-state index in [1.165, 1.54) is 23.5 Å². The molecule has 0 spiro atoms. The number of benzene rings is 1. The highest BCUT2D eigenvalue weighted by Crippen LogP contribution is 2.28. The van der Waals surface area contributed by atoms with Crippen molar-refractivity contribution < 1.29 is 17.9 Å². The first-order valence-corrected chi connectivity index (χ1v) is 8.47. The summed E-state index contributed by atoms with van der Waals surface area (Å²) in [6, 6.07) is 4.43. The van der Waals surface area contributed by atoms with Gasteiger partial charge in [0.25, 0.3) is 0 Å². The maximum atomic E-state index is 12.6. The van der Waals surface area contributed by atoms with Crippen LogP contribution in [0.4, 0.5) is 10.5 Å². The molecule has 1 aliphatic heterocycles. The van der Waals surface area contributed by atoms with E-state index in [-0.39, 0.29) is 23.2 Å². The summed E-state index contributed by atoms with van der Waals surface area (Å²) < 4.78 is 31.6. The first-order chi connectivity index (χ1) is 9.84. The molecule has 21 heavy (non-hydrogen) atoms. The summed E-state index contributed by atoms with van der Waals surface area (Å²) in [4.78, 5) is 11.2. The van der Waals surface area contributed by atoms with E-state index in [0.29, 0.717) is 17.4 Å². The Morgan fingerprint density at radius 3 is 2.90 bits per heavy atom. The van der Waals surface area contributed by atoms with Crippen LogP contribution in [0.3, 0.4) is 0 Å². The maximum Gasteiger partial charge on any atom is 0.407 e. The molecule has 2 rings (SSSR count). The Kier molecular flexibility index (Phi) is 4.74. The third-order valence-corrected chi connectivity index (χ3v) is 5.67. The first kappa shape index (κ1) is 16.1. The Labute approximate surface area is 131 Å². The van der Waals surface area contributed by atoms with Crippen LogP contribution in [-0.2, 0) is 14.8 Å². The van der Waals surface area contributed by atoms with E-state index in [2.05, 4.69) is 26.0 Å². The van der Waals surface area contributed by atoms with Crippen LogP contribution in [0, 0.1) is 0 Å². The highest BCUT2D eigenvalue weighted by atomic mass is 79.9. The molecule has 1 amide bonds. The van der Waals surface area contributed by atoms with Crippen molar-refractivity contribution in [3.8, 4) is 0 Å². The van der Waals surface area contributed by atoms with Gasteiger partial charge in [-0.25, -0.2) is 13.2 Å². The average molecular weight is 378 g/mol. The van der Waals surface area contributed by atoms with Gasteiger partial charge >= 0.3 is 6.09 Å². The number of nitrogens with two attached hydrogens (primary N) is 1. The van der Waals surface area contributed by atoms with Crippen molar-refractivity contribution in [1.82, 2.24) is 9.62 Å². The second kappa shape index (κ2) is 6.20. The van der Waals surface area contributed by atoms with Gasteiger partial charge in [0.2, 0.25) is 10.0 Å². The molecule has 1 atom stereocenters. The molecule has 1 saturated heterocycles. The lowest BCUT2D eigenvalue weighted by Crippen LogP contribution is -2.38. The van der Waals surface area contributed by atoms with Gasteiger partial charge in [0.05, 0.1) is 12.8 Å². The second-order valence-corrected chi connectivity index (χ2v) is 7.49. The molecule has 0 aromatic heterocycles. The number of halogens is 1. The fourth-order valence-electron chi connectivity index (χ4n) is 2.16. The number of carbonyl (C=O) groups excluding carboxylic acids is 1. The Morgan fingerprint density at radius 2 is 2.24 bits per heavy atom. The molecule has 7 nitrogen and oxygen atoms in total. The largest absolute Gasteiger partial charge is 0.453 e. The number of nitrogens with one attached hydrogen (secondary N) is 1. The van der Waals surface area contributed by atoms with Crippen LogP contribution in [0.2, 0.25) is 0 Å². The molecule has 0 aliphatic carbocycles. The third-order valence-electron chi connectivity index (χ3n) is 3.25. The number of nitrogens with zero attached hydrogens (tertiary/aromatic N) is 1. The zero-order valence-electron chi connectivity index (χ0n) is 11.4. The Balaban J connectivity index is 2.18. The molecule has 116 valence electrons. The highest BCUT2D eigenvalue weighted by molar-refractivity contribution is 9.10. The topological polar surface area (TPSA) is 102 Å². The molecule has 1 fully saturated rings. The molecule has 0 saturated carbocycles. The predicted molar refractivity (Wildman–Crippen MR) is 81.3 cm³/mol. The van der Waals surface area contributed by atoms with Gasteiger partial charge in [-0.2, -0.15) is 4.31 Å². The first-order valence-electron chi connectivity index (χ1n) is 6.24. The number of alkyl carbamates (subject to hydrolysis) is 1. The zero-order chi connectivity index (χ0) is 15.6. The van der Waals surface area contributed by atoms with Crippen LogP contribution >= 0.6 is 15.9 Å². The minimum absolute atomic E-state index is 0.0654. The molecular formula is C12H16BrN3O4S. The van der Waals surface area contributed by atoms with Crippen molar-refractivity contribution >= 4 is 37.7 Å². The van der Waals surface area contributed by atoms with Crippen LogP contribution in [0.5, 0.6) is 0 Å². The molecular weight excluding hydrogens is 362 g/mol. The molecule has 9 heteroatoms. The van der Waals surface area contributed by atoms with E-state index < -0.39 is 16.1 Å². The fraction of sp³-hybridized carbons (Fsp3) is 0.417. The lowest BCUT2D eigenvalue weighted by Gasteiger charge is -2.18. The lowest BCUT2D eigenvalue weighted by molar-refractivity contribution is 0.167. The monoisotopic (exact) mass is 377 g/mol. The Bertz CT molecular complexity index is 650. The van der Waals surface area contributed by atoms with Crippen LogP contribution in [0.15, 0.2) is 27.6 Å². The zero-order valence-corrected chi connectivity index (χ0v) is 13.8. The van der Waals surface area contributed by atoms with E-state index in [9.17, 15) is 13.2 Å². The van der Waals surface area contributed by atoms with Crippen molar-refractivity contribution in [3.05, 3.63) is 22.7 Å². The Hall–Kier alpha value is -1.32. The number of rotatable bonds is 3. The second-order valence-electron chi connectivity index (χ2n) is 4.67. The van der Waals surface area contributed by atoms with E-state index in [0.717, 1.165) is 0 Å². The minimum Gasteiger partial charge on any atom is -0.453 e. The minimum atomic E-state index is -3.68. The van der Waals surface area contributed by atoms with Gasteiger partial charge in [0.1, 0.15) is 4.90 Å². The normalized spacial score (nSPS) is 19.4.